The molecule has 5 heterocycles. The maximum absolute atomic E-state index is 12.2. The fourth-order valence-corrected chi connectivity index (χ4v) is 6.93. The summed E-state index contributed by atoms with van der Waals surface area (Å²) in [7, 11) is 2.76. The Labute approximate surface area is 263 Å². The summed E-state index contributed by atoms with van der Waals surface area (Å²) in [6, 6.07) is 0. The molecule has 0 amide bonds. The minimum atomic E-state index is -0.448. The van der Waals surface area contributed by atoms with Crippen LogP contribution in [0.15, 0.2) is 119 Å². The van der Waals surface area contributed by atoms with E-state index in [0.717, 1.165) is 85.4 Å². The minimum absolute atomic E-state index is 0.0203. The molecule has 2 atom stereocenters. The number of aliphatic hydroxyl groups is 1. The van der Waals surface area contributed by atoms with Crippen LogP contribution in [0.1, 0.15) is 60.3 Å². The van der Waals surface area contributed by atoms with Crippen LogP contribution in [0.4, 0.5) is 0 Å². The lowest BCUT2D eigenvalue weighted by molar-refractivity contribution is -0.141. The van der Waals surface area contributed by atoms with Gasteiger partial charge in [0.25, 0.3) is 0 Å². The lowest BCUT2D eigenvalue weighted by Crippen LogP contribution is -2.16. The monoisotopic (exact) mass is 606 g/mol. The van der Waals surface area contributed by atoms with Gasteiger partial charge in [0.2, 0.25) is 0 Å². The molecule has 0 unspecified atom stereocenters. The SMILES string of the molecule is CCC1=C(C)C2=NC1=CC1=C(C)C3=C(O)CC(=C4NC(=CC5=NC(=C2)C(/C=C/C(=O)OC)=C5C)[C@@H](C)[C@@H]4CCC(=O)OC)C3=N1. The molecule has 45 heavy (non-hydrogen) atoms. The van der Waals surface area contributed by atoms with Gasteiger partial charge in [0.05, 0.1) is 48.4 Å². The van der Waals surface area contributed by atoms with Gasteiger partial charge in [-0.15, -0.1) is 0 Å². The Hall–Kier alpha value is -4.79. The number of hydrogen-bond acceptors (Lipinski definition) is 9. The molecule has 232 valence electrons. The lowest BCUT2D eigenvalue weighted by Gasteiger charge is -2.17. The van der Waals surface area contributed by atoms with E-state index in [-0.39, 0.29) is 24.2 Å². The Balaban J connectivity index is 1.59. The van der Waals surface area contributed by atoms with Crippen LogP contribution in [0.25, 0.3) is 0 Å². The van der Waals surface area contributed by atoms with Crippen LogP contribution >= 0.6 is 0 Å². The molecule has 2 N–H and O–H groups in total. The van der Waals surface area contributed by atoms with Crippen molar-refractivity contribution in [3.05, 3.63) is 104 Å². The van der Waals surface area contributed by atoms with Crippen LogP contribution in [0, 0.1) is 11.8 Å². The van der Waals surface area contributed by atoms with E-state index in [1.165, 1.54) is 20.3 Å². The molecule has 0 aromatic rings. The number of rotatable bonds is 6. The summed E-state index contributed by atoms with van der Waals surface area (Å²) in [6.07, 6.45) is 11.2. The molecular weight excluding hydrogens is 568 g/mol. The van der Waals surface area contributed by atoms with Crippen molar-refractivity contribution in [2.45, 2.75) is 60.3 Å². The molecule has 1 saturated heterocycles. The van der Waals surface area contributed by atoms with Gasteiger partial charge in [-0.2, -0.15) is 0 Å². The Bertz CT molecular complexity index is 1830. The Morgan fingerprint density at radius 3 is 2.44 bits per heavy atom. The fourth-order valence-electron chi connectivity index (χ4n) is 6.93. The van der Waals surface area contributed by atoms with Crippen molar-refractivity contribution < 1.29 is 24.2 Å². The summed E-state index contributed by atoms with van der Waals surface area (Å²) in [5, 5.41) is 14.9. The third kappa shape index (κ3) is 5.10. The Morgan fingerprint density at radius 2 is 1.73 bits per heavy atom. The van der Waals surface area contributed by atoms with Crippen molar-refractivity contribution in [3.63, 3.8) is 0 Å². The normalized spacial score (nSPS) is 23.9. The largest absolute Gasteiger partial charge is 0.511 e. The highest BCUT2D eigenvalue weighted by Gasteiger charge is 2.41. The van der Waals surface area contributed by atoms with E-state index >= 15 is 0 Å². The van der Waals surface area contributed by atoms with Gasteiger partial charge in [0, 0.05) is 58.9 Å². The number of esters is 2. The molecule has 0 radical (unpaired) electrons. The summed E-state index contributed by atoms with van der Waals surface area (Å²) in [6.45, 7) is 10.3. The van der Waals surface area contributed by atoms with E-state index in [9.17, 15) is 14.7 Å². The molecule has 6 rings (SSSR count). The van der Waals surface area contributed by atoms with E-state index < -0.39 is 5.97 Å². The van der Waals surface area contributed by atoms with Gasteiger partial charge in [-0.3, -0.25) is 4.79 Å². The quantitative estimate of drug-likeness (QED) is 0.269. The van der Waals surface area contributed by atoms with Crippen LogP contribution < -0.4 is 5.32 Å². The van der Waals surface area contributed by atoms with Gasteiger partial charge in [0.1, 0.15) is 5.76 Å². The number of hydrogen-bond donors (Lipinski definition) is 2. The van der Waals surface area contributed by atoms with Crippen LogP contribution in [0.3, 0.4) is 0 Å². The molecule has 1 fully saturated rings. The predicted molar refractivity (Wildman–Crippen MR) is 174 cm³/mol. The summed E-state index contributed by atoms with van der Waals surface area (Å²) in [5.74, 6) is -0.420. The van der Waals surface area contributed by atoms with Gasteiger partial charge >= 0.3 is 11.9 Å². The number of carbonyl (C=O) groups is 2. The average Bonchev–Trinajstić information content (AvgIpc) is 3.77. The zero-order valence-electron chi connectivity index (χ0n) is 26.8. The first kappa shape index (κ1) is 30.2. The minimum Gasteiger partial charge on any atom is -0.511 e. The van der Waals surface area contributed by atoms with Gasteiger partial charge in [0.15, 0.2) is 0 Å². The lowest BCUT2D eigenvalue weighted by atomic mass is 9.86. The number of fused-ring (bicyclic) bond motifs is 5. The van der Waals surface area contributed by atoms with Crippen LogP contribution in [-0.2, 0) is 19.1 Å². The third-order valence-corrected chi connectivity index (χ3v) is 9.58. The molecule has 0 aromatic carbocycles. The molecule has 9 heteroatoms. The highest BCUT2D eigenvalue weighted by atomic mass is 16.5. The second-order valence-electron chi connectivity index (χ2n) is 12.0. The number of allylic oxidation sites excluding steroid dienone is 12. The van der Waals surface area contributed by atoms with Crippen molar-refractivity contribution in [1.82, 2.24) is 5.32 Å². The summed E-state index contributed by atoms with van der Waals surface area (Å²) in [5.41, 5.74) is 13.1. The van der Waals surface area contributed by atoms with Gasteiger partial charge in [-0.1, -0.05) is 13.8 Å². The van der Waals surface area contributed by atoms with Crippen molar-refractivity contribution in [2.75, 3.05) is 14.2 Å². The second kappa shape index (κ2) is 11.6. The number of nitrogens with one attached hydrogen (secondary N) is 1. The van der Waals surface area contributed by atoms with E-state index in [0.29, 0.717) is 24.3 Å². The zero-order valence-corrected chi connectivity index (χ0v) is 26.8. The van der Waals surface area contributed by atoms with Crippen LogP contribution in [0.2, 0.25) is 0 Å². The van der Waals surface area contributed by atoms with Gasteiger partial charge < -0.3 is 19.9 Å². The molecule has 8 bridgehead atoms. The molecule has 0 saturated carbocycles. The van der Waals surface area contributed by atoms with Crippen molar-refractivity contribution in [2.24, 2.45) is 26.8 Å². The number of ether oxygens (including phenoxy) is 2. The maximum atomic E-state index is 12.2. The number of aliphatic hydroxyl groups excluding tert-OH is 1. The summed E-state index contributed by atoms with van der Waals surface area (Å²) >= 11 is 0. The van der Waals surface area contributed by atoms with Crippen molar-refractivity contribution in [1.29, 1.82) is 0 Å². The smallest absolute Gasteiger partial charge is 0.330 e. The average molecular weight is 607 g/mol. The molecular formula is C36H38N4O5. The highest BCUT2D eigenvalue weighted by molar-refractivity contribution is 6.21. The molecule has 9 nitrogen and oxygen atoms in total. The molecule has 6 aliphatic rings. The van der Waals surface area contributed by atoms with Crippen molar-refractivity contribution in [3.8, 4) is 0 Å². The zero-order chi connectivity index (χ0) is 32.2. The first-order chi connectivity index (χ1) is 21.6. The summed E-state index contributed by atoms with van der Waals surface area (Å²) < 4.78 is 9.84. The van der Waals surface area contributed by atoms with E-state index in [2.05, 4.69) is 26.1 Å². The molecule has 1 aliphatic carbocycles. The first-order valence-corrected chi connectivity index (χ1v) is 15.4. The molecule has 0 spiro atoms. The molecule has 5 aliphatic heterocycles. The standard InChI is InChI=1S/C36H38N4O5/c1-8-21-17(2)26-15-30-22(9-11-32(42)44-6)18(3)25(38-30)14-27-19(4)23(10-12-33(43)45-7)35(39-27)24-13-31(41)34-20(5)28(40-36(24)34)16-29(21)37-26/h9,11,14-16,19,23,39,41H,8,10,12-13H2,1-7H3/b11-9+,27-14?,29-16?,30-15?,35-24?/t19-,23-/m0/s1. The number of nitrogens with zero attached hydrogens (tertiary/aromatic N) is 3. The highest BCUT2D eigenvalue weighted by Crippen LogP contribution is 2.46. The van der Waals surface area contributed by atoms with Crippen LogP contribution in [-0.4, -0.2) is 48.4 Å². The van der Waals surface area contributed by atoms with E-state index in [4.69, 9.17) is 24.5 Å². The fraction of sp³-hybridized carbons (Fsp3) is 0.361. The van der Waals surface area contributed by atoms with Gasteiger partial charge in [-0.05, 0) is 80.2 Å². The van der Waals surface area contributed by atoms with Crippen molar-refractivity contribution >= 4 is 29.1 Å². The topological polar surface area (TPSA) is 122 Å². The number of aliphatic imine (C=N–C) groups is 3. The Morgan fingerprint density at radius 1 is 1.00 bits per heavy atom. The van der Waals surface area contributed by atoms with Gasteiger partial charge in [-0.25, -0.2) is 19.8 Å². The van der Waals surface area contributed by atoms with E-state index in [1.54, 1.807) is 6.08 Å². The third-order valence-electron chi connectivity index (χ3n) is 9.58. The molecule has 0 aromatic heterocycles. The predicted octanol–water partition coefficient (Wildman–Crippen LogP) is 6.34. The number of carbonyl (C=O) groups excluding carboxylic acids is 2. The summed E-state index contributed by atoms with van der Waals surface area (Å²) in [4.78, 5) is 39.5. The van der Waals surface area contributed by atoms with E-state index in [1.807, 2.05) is 32.1 Å². The number of methoxy groups -OCH3 is 2. The first-order valence-electron chi connectivity index (χ1n) is 15.4. The second-order valence-corrected chi connectivity index (χ2v) is 12.0. The maximum Gasteiger partial charge on any atom is 0.330 e. The Kier molecular flexibility index (Phi) is 7.81. The van der Waals surface area contributed by atoms with Crippen LogP contribution in [0.5, 0.6) is 0 Å².